The molecule has 0 bridgehead atoms. The van der Waals surface area contributed by atoms with Gasteiger partial charge in [-0.3, -0.25) is 9.69 Å². The van der Waals surface area contributed by atoms with E-state index in [9.17, 15) is 9.18 Å². The lowest BCUT2D eigenvalue weighted by molar-refractivity contribution is -0.139. The van der Waals surface area contributed by atoms with Crippen LogP contribution in [0.25, 0.3) is 0 Å². The maximum absolute atomic E-state index is 13.1. The normalized spacial score (nSPS) is 19.8. The number of nitrogens with zero attached hydrogens (tertiary/aromatic N) is 3. The second-order valence-corrected chi connectivity index (χ2v) is 7.98. The van der Waals surface area contributed by atoms with Gasteiger partial charge in [-0.15, -0.1) is 0 Å². The predicted octanol–water partition coefficient (Wildman–Crippen LogP) is 3.39. The van der Waals surface area contributed by atoms with Gasteiger partial charge in [-0.25, -0.2) is 4.39 Å². The number of ether oxygens (including phenoxy) is 1. The summed E-state index contributed by atoms with van der Waals surface area (Å²) in [4.78, 5) is 19.0. The topological polar surface area (TPSA) is 36.0 Å². The minimum Gasteiger partial charge on any atom is -0.484 e. The minimum atomic E-state index is -0.221. The van der Waals surface area contributed by atoms with Crippen molar-refractivity contribution in [3.8, 4) is 5.75 Å². The third-order valence-corrected chi connectivity index (χ3v) is 5.43. The number of anilines is 1. The lowest BCUT2D eigenvalue weighted by Crippen LogP contribution is -2.58. The van der Waals surface area contributed by atoms with E-state index in [1.54, 1.807) is 0 Å². The lowest BCUT2D eigenvalue weighted by atomic mass is 10.1. The van der Waals surface area contributed by atoms with Gasteiger partial charge in [0, 0.05) is 57.6 Å². The monoisotopic (exact) mass is 399 g/mol. The Morgan fingerprint density at radius 1 is 1.10 bits per heavy atom. The standard InChI is InChI=1S/C23H30FN3O2/c1-17-14-27(18(2)13-26(17)15-19-8-10-20(24)11-9-19)23(28)16-29-22-7-5-6-21(12-22)25(3)4/h5-12,17-18H,13-16H2,1-4H3. The summed E-state index contributed by atoms with van der Waals surface area (Å²) in [6.45, 7) is 6.40. The lowest BCUT2D eigenvalue weighted by Gasteiger charge is -2.44. The predicted molar refractivity (Wildman–Crippen MR) is 114 cm³/mol. The number of amides is 1. The molecule has 156 valence electrons. The van der Waals surface area contributed by atoms with Crippen LogP contribution in [0, 0.1) is 5.82 Å². The van der Waals surface area contributed by atoms with Gasteiger partial charge in [0.05, 0.1) is 0 Å². The number of benzene rings is 2. The van der Waals surface area contributed by atoms with Crippen LogP contribution in [0.2, 0.25) is 0 Å². The highest BCUT2D eigenvalue weighted by molar-refractivity contribution is 5.78. The van der Waals surface area contributed by atoms with Crippen LogP contribution in [0.5, 0.6) is 5.75 Å². The molecule has 5 nitrogen and oxygen atoms in total. The Hall–Kier alpha value is -2.60. The molecular formula is C23H30FN3O2. The molecule has 2 aromatic carbocycles. The molecule has 6 heteroatoms. The smallest absolute Gasteiger partial charge is 0.260 e. The van der Waals surface area contributed by atoms with Crippen LogP contribution in [0.15, 0.2) is 48.5 Å². The number of piperazine rings is 1. The zero-order chi connectivity index (χ0) is 21.0. The van der Waals surface area contributed by atoms with E-state index in [0.29, 0.717) is 12.3 Å². The van der Waals surface area contributed by atoms with Gasteiger partial charge in [0.1, 0.15) is 11.6 Å². The molecule has 1 fully saturated rings. The van der Waals surface area contributed by atoms with E-state index in [1.165, 1.54) is 12.1 Å². The Labute approximate surface area is 172 Å². The molecule has 0 saturated carbocycles. The first kappa shape index (κ1) is 21.1. The second kappa shape index (κ2) is 9.27. The molecule has 1 saturated heterocycles. The fraction of sp³-hybridized carbons (Fsp3) is 0.435. The molecule has 1 heterocycles. The molecule has 0 aromatic heterocycles. The van der Waals surface area contributed by atoms with Crippen molar-refractivity contribution in [1.29, 1.82) is 0 Å². The highest BCUT2D eigenvalue weighted by Gasteiger charge is 2.32. The van der Waals surface area contributed by atoms with E-state index in [0.717, 1.165) is 24.3 Å². The van der Waals surface area contributed by atoms with Gasteiger partial charge >= 0.3 is 0 Å². The van der Waals surface area contributed by atoms with Crippen LogP contribution < -0.4 is 9.64 Å². The van der Waals surface area contributed by atoms with Crippen LogP contribution >= 0.6 is 0 Å². The highest BCUT2D eigenvalue weighted by Crippen LogP contribution is 2.21. The molecule has 0 radical (unpaired) electrons. The third-order valence-electron chi connectivity index (χ3n) is 5.43. The van der Waals surface area contributed by atoms with E-state index >= 15 is 0 Å². The van der Waals surface area contributed by atoms with Crippen molar-refractivity contribution in [2.45, 2.75) is 32.5 Å². The number of halogens is 1. The maximum Gasteiger partial charge on any atom is 0.260 e. The molecule has 3 rings (SSSR count). The molecule has 2 atom stereocenters. The largest absolute Gasteiger partial charge is 0.484 e. The number of hydrogen-bond donors (Lipinski definition) is 0. The molecule has 2 aromatic rings. The molecule has 29 heavy (non-hydrogen) atoms. The first-order chi connectivity index (χ1) is 13.8. The van der Waals surface area contributed by atoms with Gasteiger partial charge in [0.2, 0.25) is 0 Å². The Balaban J connectivity index is 1.55. The van der Waals surface area contributed by atoms with Gasteiger partial charge in [-0.1, -0.05) is 18.2 Å². The van der Waals surface area contributed by atoms with Crippen LogP contribution in [0.3, 0.4) is 0 Å². The van der Waals surface area contributed by atoms with E-state index in [2.05, 4.69) is 18.7 Å². The van der Waals surface area contributed by atoms with Gasteiger partial charge in [0.15, 0.2) is 6.61 Å². The Morgan fingerprint density at radius 2 is 1.83 bits per heavy atom. The quantitative estimate of drug-likeness (QED) is 0.746. The first-order valence-electron chi connectivity index (χ1n) is 10.0. The van der Waals surface area contributed by atoms with Crippen molar-refractivity contribution in [3.05, 3.63) is 59.9 Å². The SMILES string of the molecule is CC1CN(C(=O)COc2cccc(N(C)C)c2)C(C)CN1Cc1ccc(F)cc1. The van der Waals surface area contributed by atoms with Gasteiger partial charge in [-0.05, 0) is 43.7 Å². The van der Waals surface area contributed by atoms with Crippen molar-refractivity contribution >= 4 is 11.6 Å². The summed E-state index contributed by atoms with van der Waals surface area (Å²) < 4.78 is 18.9. The van der Waals surface area contributed by atoms with Gasteiger partial charge in [-0.2, -0.15) is 0 Å². The van der Waals surface area contributed by atoms with Crippen LogP contribution in [0.4, 0.5) is 10.1 Å². The molecule has 2 unspecified atom stereocenters. The van der Waals surface area contributed by atoms with E-state index in [-0.39, 0.29) is 30.4 Å². The number of rotatable bonds is 6. The molecule has 0 aliphatic carbocycles. The summed E-state index contributed by atoms with van der Waals surface area (Å²) in [5.41, 5.74) is 2.11. The Kier molecular flexibility index (Phi) is 6.75. The third kappa shape index (κ3) is 5.48. The summed E-state index contributed by atoms with van der Waals surface area (Å²) >= 11 is 0. The molecule has 1 amide bonds. The number of carbonyl (C=O) groups excluding carboxylic acids is 1. The van der Waals surface area contributed by atoms with E-state index < -0.39 is 0 Å². The molecule has 0 N–H and O–H groups in total. The van der Waals surface area contributed by atoms with Crippen LogP contribution in [-0.4, -0.2) is 61.6 Å². The average Bonchev–Trinajstić information content (AvgIpc) is 2.70. The molecule has 0 spiro atoms. The van der Waals surface area contributed by atoms with Crippen molar-refractivity contribution < 1.29 is 13.9 Å². The zero-order valence-corrected chi connectivity index (χ0v) is 17.6. The molecule has 1 aliphatic heterocycles. The van der Waals surface area contributed by atoms with Crippen molar-refractivity contribution in [2.24, 2.45) is 0 Å². The first-order valence-corrected chi connectivity index (χ1v) is 10.0. The van der Waals surface area contributed by atoms with Crippen molar-refractivity contribution in [2.75, 3.05) is 38.7 Å². The summed E-state index contributed by atoms with van der Waals surface area (Å²) in [5.74, 6) is 0.475. The van der Waals surface area contributed by atoms with E-state index in [4.69, 9.17) is 4.74 Å². The van der Waals surface area contributed by atoms with Crippen LogP contribution in [0.1, 0.15) is 19.4 Å². The van der Waals surface area contributed by atoms with Gasteiger partial charge < -0.3 is 14.5 Å². The summed E-state index contributed by atoms with van der Waals surface area (Å²) in [6.07, 6.45) is 0. The molecular weight excluding hydrogens is 369 g/mol. The highest BCUT2D eigenvalue weighted by atomic mass is 19.1. The van der Waals surface area contributed by atoms with Crippen molar-refractivity contribution in [1.82, 2.24) is 9.80 Å². The number of hydrogen-bond acceptors (Lipinski definition) is 4. The number of carbonyl (C=O) groups is 1. The van der Waals surface area contributed by atoms with E-state index in [1.807, 2.05) is 60.3 Å². The molecule has 1 aliphatic rings. The zero-order valence-electron chi connectivity index (χ0n) is 17.6. The minimum absolute atomic E-state index is 0.000961. The summed E-state index contributed by atoms with van der Waals surface area (Å²) in [5, 5.41) is 0. The Bertz CT molecular complexity index is 825. The summed E-state index contributed by atoms with van der Waals surface area (Å²) in [6, 6.07) is 14.7. The van der Waals surface area contributed by atoms with Crippen molar-refractivity contribution in [3.63, 3.8) is 0 Å². The van der Waals surface area contributed by atoms with Gasteiger partial charge in [0.25, 0.3) is 5.91 Å². The maximum atomic E-state index is 13.1. The Morgan fingerprint density at radius 3 is 2.52 bits per heavy atom. The fourth-order valence-corrected chi connectivity index (χ4v) is 3.67. The fourth-order valence-electron chi connectivity index (χ4n) is 3.67. The average molecular weight is 400 g/mol. The second-order valence-electron chi connectivity index (χ2n) is 7.98. The van der Waals surface area contributed by atoms with Crippen LogP contribution in [-0.2, 0) is 11.3 Å². The summed E-state index contributed by atoms with van der Waals surface area (Å²) in [7, 11) is 3.94.